The molecule has 1 rings (SSSR count). The molecule has 0 atom stereocenters. The van der Waals surface area contributed by atoms with E-state index in [-0.39, 0.29) is 29.9 Å². The first kappa shape index (κ1) is 12.7. The Morgan fingerprint density at radius 2 is 2.06 bits per heavy atom. The van der Waals surface area contributed by atoms with Gasteiger partial charge in [-0.15, -0.1) is 0 Å². The number of hydrogen-bond acceptors (Lipinski definition) is 2. The van der Waals surface area contributed by atoms with E-state index in [0.29, 0.717) is 6.54 Å². The molecule has 0 bridgehead atoms. The van der Waals surface area contributed by atoms with E-state index in [0.717, 1.165) is 0 Å². The first-order valence-corrected chi connectivity index (χ1v) is 5.53. The zero-order valence-electron chi connectivity index (χ0n) is 10.5. The fourth-order valence-corrected chi connectivity index (χ4v) is 2.45. The van der Waals surface area contributed by atoms with E-state index in [4.69, 9.17) is 0 Å². The maximum absolute atomic E-state index is 12.0. The molecule has 0 unspecified atom stereocenters. The third kappa shape index (κ3) is 2.26. The highest BCUT2D eigenvalue weighted by Gasteiger charge is 2.40. The standard InChI is InChI=1S/C12H20N2O2/c1-6-10(15)13-7-11(16)14(9(2)3)12(4,5)8-13/h6,9H,1,7-8H2,2-5H3. The Kier molecular flexibility index (Phi) is 3.41. The first-order chi connectivity index (χ1) is 7.29. The Bertz CT molecular complexity index is 321. The summed E-state index contributed by atoms with van der Waals surface area (Å²) in [4.78, 5) is 26.9. The number of amides is 2. The van der Waals surface area contributed by atoms with Gasteiger partial charge in [-0.05, 0) is 33.8 Å². The molecule has 0 saturated carbocycles. The van der Waals surface area contributed by atoms with Crippen molar-refractivity contribution < 1.29 is 9.59 Å². The summed E-state index contributed by atoms with van der Waals surface area (Å²) in [7, 11) is 0. The molecule has 4 heteroatoms. The highest BCUT2D eigenvalue weighted by Crippen LogP contribution is 2.24. The molecule has 0 aromatic heterocycles. The molecule has 1 aliphatic rings. The average molecular weight is 224 g/mol. The number of rotatable bonds is 2. The van der Waals surface area contributed by atoms with Gasteiger partial charge in [-0.2, -0.15) is 0 Å². The van der Waals surface area contributed by atoms with Crippen molar-refractivity contribution in [2.75, 3.05) is 13.1 Å². The van der Waals surface area contributed by atoms with Crippen molar-refractivity contribution in [2.24, 2.45) is 0 Å². The van der Waals surface area contributed by atoms with Gasteiger partial charge in [-0.3, -0.25) is 9.59 Å². The number of nitrogens with zero attached hydrogens (tertiary/aromatic N) is 2. The van der Waals surface area contributed by atoms with Gasteiger partial charge < -0.3 is 9.80 Å². The van der Waals surface area contributed by atoms with Gasteiger partial charge in [0.05, 0.1) is 5.54 Å². The van der Waals surface area contributed by atoms with E-state index < -0.39 is 0 Å². The van der Waals surface area contributed by atoms with Crippen LogP contribution >= 0.6 is 0 Å². The summed E-state index contributed by atoms with van der Waals surface area (Å²) in [5, 5.41) is 0. The molecule has 0 aromatic carbocycles. The Balaban J connectivity index is 2.92. The van der Waals surface area contributed by atoms with Gasteiger partial charge in [0.1, 0.15) is 6.54 Å². The van der Waals surface area contributed by atoms with E-state index in [1.807, 2.05) is 32.6 Å². The molecule has 1 aliphatic heterocycles. The van der Waals surface area contributed by atoms with Gasteiger partial charge in [0.25, 0.3) is 0 Å². The van der Waals surface area contributed by atoms with E-state index in [9.17, 15) is 9.59 Å². The number of piperazine rings is 1. The summed E-state index contributed by atoms with van der Waals surface area (Å²) < 4.78 is 0. The minimum atomic E-state index is -0.317. The van der Waals surface area contributed by atoms with Gasteiger partial charge in [0.15, 0.2) is 0 Å². The van der Waals surface area contributed by atoms with Gasteiger partial charge >= 0.3 is 0 Å². The molecule has 1 saturated heterocycles. The second kappa shape index (κ2) is 4.28. The third-order valence-corrected chi connectivity index (χ3v) is 2.83. The molecular weight excluding hydrogens is 204 g/mol. The van der Waals surface area contributed by atoms with Crippen molar-refractivity contribution >= 4 is 11.8 Å². The van der Waals surface area contributed by atoms with Crippen LogP contribution in [0.3, 0.4) is 0 Å². The van der Waals surface area contributed by atoms with Crippen LogP contribution in [0.25, 0.3) is 0 Å². The lowest BCUT2D eigenvalue weighted by Crippen LogP contribution is -2.64. The zero-order chi connectivity index (χ0) is 12.5. The van der Waals surface area contributed by atoms with Crippen molar-refractivity contribution in [1.29, 1.82) is 0 Å². The molecule has 1 fully saturated rings. The second-order valence-corrected chi connectivity index (χ2v) is 5.07. The number of carbonyl (C=O) groups is 2. The van der Waals surface area contributed by atoms with Crippen LogP contribution in [0.4, 0.5) is 0 Å². The van der Waals surface area contributed by atoms with Gasteiger partial charge in [0.2, 0.25) is 11.8 Å². The van der Waals surface area contributed by atoms with Crippen LogP contribution in [-0.2, 0) is 9.59 Å². The molecule has 0 aromatic rings. The van der Waals surface area contributed by atoms with Gasteiger partial charge in [-0.25, -0.2) is 0 Å². The van der Waals surface area contributed by atoms with Crippen LogP contribution in [0.2, 0.25) is 0 Å². The van der Waals surface area contributed by atoms with Crippen molar-refractivity contribution in [3.8, 4) is 0 Å². The van der Waals surface area contributed by atoms with E-state index >= 15 is 0 Å². The number of hydrogen-bond donors (Lipinski definition) is 0. The largest absolute Gasteiger partial charge is 0.332 e. The molecule has 4 nitrogen and oxygen atoms in total. The van der Waals surface area contributed by atoms with E-state index in [1.165, 1.54) is 6.08 Å². The Hall–Kier alpha value is -1.32. The Labute approximate surface area is 96.9 Å². The minimum absolute atomic E-state index is 0.00134. The summed E-state index contributed by atoms with van der Waals surface area (Å²) in [5.74, 6) is -0.175. The molecule has 2 amide bonds. The first-order valence-electron chi connectivity index (χ1n) is 5.53. The van der Waals surface area contributed by atoms with Crippen molar-refractivity contribution in [3.05, 3.63) is 12.7 Å². The van der Waals surface area contributed by atoms with Crippen LogP contribution in [0, 0.1) is 0 Å². The van der Waals surface area contributed by atoms with Gasteiger partial charge in [0, 0.05) is 12.6 Å². The lowest BCUT2D eigenvalue weighted by atomic mass is 9.96. The maximum atomic E-state index is 12.0. The lowest BCUT2D eigenvalue weighted by Gasteiger charge is -2.48. The van der Waals surface area contributed by atoms with E-state index in [1.54, 1.807) is 4.90 Å². The third-order valence-electron chi connectivity index (χ3n) is 2.83. The number of carbonyl (C=O) groups excluding carboxylic acids is 2. The van der Waals surface area contributed by atoms with Crippen molar-refractivity contribution in [2.45, 2.75) is 39.3 Å². The summed E-state index contributed by atoms with van der Waals surface area (Å²) in [5.41, 5.74) is -0.317. The molecule has 0 N–H and O–H groups in total. The monoisotopic (exact) mass is 224 g/mol. The topological polar surface area (TPSA) is 40.6 Å². The van der Waals surface area contributed by atoms with Crippen LogP contribution in [0.15, 0.2) is 12.7 Å². The highest BCUT2D eigenvalue weighted by molar-refractivity contribution is 5.92. The normalized spacial score (nSPS) is 20.2. The van der Waals surface area contributed by atoms with E-state index in [2.05, 4.69) is 6.58 Å². The fourth-order valence-electron chi connectivity index (χ4n) is 2.45. The van der Waals surface area contributed by atoms with Crippen LogP contribution < -0.4 is 0 Å². The van der Waals surface area contributed by atoms with Crippen molar-refractivity contribution in [1.82, 2.24) is 9.80 Å². The molecule has 0 spiro atoms. The maximum Gasteiger partial charge on any atom is 0.246 e. The predicted octanol–water partition coefficient (Wildman–Crippen LogP) is 1.03. The molecule has 0 radical (unpaired) electrons. The fraction of sp³-hybridized carbons (Fsp3) is 0.667. The molecule has 0 aliphatic carbocycles. The van der Waals surface area contributed by atoms with Crippen LogP contribution in [0.5, 0.6) is 0 Å². The quantitative estimate of drug-likeness (QED) is 0.657. The van der Waals surface area contributed by atoms with Crippen LogP contribution in [0.1, 0.15) is 27.7 Å². The zero-order valence-corrected chi connectivity index (χ0v) is 10.5. The molecule has 1 heterocycles. The smallest absolute Gasteiger partial charge is 0.246 e. The minimum Gasteiger partial charge on any atom is -0.332 e. The molecule has 90 valence electrons. The Morgan fingerprint density at radius 1 is 1.50 bits per heavy atom. The highest BCUT2D eigenvalue weighted by atomic mass is 16.2. The molecular formula is C12H20N2O2. The van der Waals surface area contributed by atoms with Crippen LogP contribution in [-0.4, -0.2) is 46.3 Å². The summed E-state index contributed by atoms with van der Waals surface area (Å²) in [6.45, 7) is 12.1. The predicted molar refractivity (Wildman–Crippen MR) is 62.8 cm³/mol. The summed E-state index contributed by atoms with van der Waals surface area (Å²) >= 11 is 0. The average Bonchev–Trinajstić information content (AvgIpc) is 2.13. The summed E-state index contributed by atoms with van der Waals surface area (Å²) in [6, 6.07) is 0.156. The van der Waals surface area contributed by atoms with Gasteiger partial charge in [-0.1, -0.05) is 6.58 Å². The lowest BCUT2D eigenvalue weighted by molar-refractivity contribution is -0.153. The van der Waals surface area contributed by atoms with Crippen molar-refractivity contribution in [3.63, 3.8) is 0 Å². The second-order valence-electron chi connectivity index (χ2n) is 5.07. The summed E-state index contributed by atoms with van der Waals surface area (Å²) in [6.07, 6.45) is 1.26. The molecule has 16 heavy (non-hydrogen) atoms. The SMILES string of the molecule is C=CC(=O)N1CC(=O)N(C(C)C)C(C)(C)C1. The Morgan fingerprint density at radius 3 is 2.44 bits per heavy atom.